The lowest BCUT2D eigenvalue weighted by Gasteiger charge is -1.96. The summed E-state index contributed by atoms with van der Waals surface area (Å²) in [7, 11) is 0. The van der Waals surface area contributed by atoms with Crippen LogP contribution in [0.25, 0.3) is 0 Å². The van der Waals surface area contributed by atoms with E-state index in [4.69, 9.17) is 25.5 Å². The van der Waals surface area contributed by atoms with Gasteiger partial charge in [-0.2, -0.15) is 0 Å². The Kier molecular flexibility index (Phi) is 20.7. The summed E-state index contributed by atoms with van der Waals surface area (Å²) in [5, 5.41) is 39.7. The number of carbonyl (C=O) groups is 1. The van der Waals surface area contributed by atoms with Gasteiger partial charge in [0.1, 0.15) is 6.10 Å². The van der Waals surface area contributed by atoms with Crippen molar-refractivity contribution in [3.8, 4) is 0 Å². The topological polar surface area (TPSA) is 144 Å². The Morgan fingerprint density at radius 1 is 1.20 bits per heavy atom. The van der Waals surface area contributed by atoms with E-state index in [1.807, 2.05) is 0 Å². The van der Waals surface area contributed by atoms with Crippen molar-refractivity contribution < 1.29 is 30.3 Å². The Morgan fingerprint density at radius 3 is 1.40 bits per heavy atom. The van der Waals surface area contributed by atoms with Crippen molar-refractivity contribution in [1.82, 2.24) is 0 Å². The molecule has 0 saturated carbocycles. The van der Waals surface area contributed by atoms with E-state index in [0.717, 1.165) is 0 Å². The van der Waals surface area contributed by atoms with Gasteiger partial charge in [0.05, 0.1) is 19.8 Å². The number of carboxylic acid groups (broad SMARTS) is 1. The first-order valence-electron chi connectivity index (χ1n) is 4.31. The molecule has 0 radical (unpaired) electrons. The van der Waals surface area contributed by atoms with Gasteiger partial charge in [-0.3, -0.25) is 4.79 Å². The standard InChI is InChI=1S/C3H8O3.C3H8O.C2H5NO2/c4-1-3(6)2-5;1-3(2)4;3-1-2(4)5/h3-6H,1-2H2;3-4H,1-2H3;1,3H2,(H,4,5). The molecule has 0 saturated heterocycles. The van der Waals surface area contributed by atoms with Gasteiger partial charge >= 0.3 is 5.97 Å². The highest BCUT2D eigenvalue weighted by molar-refractivity contribution is 5.68. The summed E-state index contributed by atoms with van der Waals surface area (Å²) >= 11 is 0. The molecule has 0 aromatic rings. The second-order valence-corrected chi connectivity index (χ2v) is 2.71. The lowest BCUT2D eigenvalue weighted by molar-refractivity contribution is -0.135. The average molecular weight is 227 g/mol. The molecule has 0 aliphatic rings. The third kappa shape index (κ3) is 60.7. The number of aliphatic hydroxyl groups excluding tert-OH is 4. The highest BCUT2D eigenvalue weighted by Crippen LogP contribution is 1.71. The first-order chi connectivity index (χ1) is 6.81. The molecule has 0 amide bonds. The fourth-order valence-corrected chi connectivity index (χ4v) is 0.0577. The molecule has 7 nitrogen and oxygen atoms in total. The van der Waals surface area contributed by atoms with E-state index in [0.29, 0.717) is 0 Å². The molecular formula is C8H21NO6. The molecule has 7 heteroatoms. The van der Waals surface area contributed by atoms with Crippen molar-refractivity contribution in [3.63, 3.8) is 0 Å². The van der Waals surface area contributed by atoms with Crippen LogP contribution in [0.5, 0.6) is 0 Å². The largest absolute Gasteiger partial charge is 0.480 e. The molecule has 15 heavy (non-hydrogen) atoms. The van der Waals surface area contributed by atoms with Crippen molar-refractivity contribution >= 4 is 5.97 Å². The fourth-order valence-electron chi connectivity index (χ4n) is 0.0577. The average Bonchev–Trinajstić information content (AvgIpc) is 2.16. The van der Waals surface area contributed by atoms with E-state index >= 15 is 0 Å². The molecule has 7 N–H and O–H groups in total. The molecule has 0 aliphatic heterocycles. The molecule has 0 rings (SSSR count). The van der Waals surface area contributed by atoms with Crippen LogP contribution >= 0.6 is 0 Å². The van der Waals surface area contributed by atoms with Crippen LogP contribution in [0.15, 0.2) is 0 Å². The minimum atomic E-state index is -0.968. The smallest absolute Gasteiger partial charge is 0.317 e. The SMILES string of the molecule is CC(C)O.NCC(=O)O.OCC(O)CO. The van der Waals surface area contributed by atoms with Crippen molar-refractivity contribution in [2.75, 3.05) is 19.8 Å². The molecule has 94 valence electrons. The Hall–Kier alpha value is -0.730. The molecule has 0 aliphatic carbocycles. The zero-order valence-electron chi connectivity index (χ0n) is 9.00. The van der Waals surface area contributed by atoms with Gasteiger partial charge in [0.2, 0.25) is 0 Å². The van der Waals surface area contributed by atoms with Gasteiger partial charge < -0.3 is 31.3 Å². The lowest BCUT2D eigenvalue weighted by Crippen LogP contribution is -2.15. The maximum atomic E-state index is 9.24. The maximum Gasteiger partial charge on any atom is 0.317 e. The number of hydrogen-bond acceptors (Lipinski definition) is 6. The van der Waals surface area contributed by atoms with Gasteiger partial charge in [0.25, 0.3) is 0 Å². The van der Waals surface area contributed by atoms with Gasteiger partial charge in [-0.1, -0.05) is 0 Å². The summed E-state index contributed by atoms with van der Waals surface area (Å²) in [4.78, 5) is 9.24. The minimum Gasteiger partial charge on any atom is -0.480 e. The third-order valence-electron chi connectivity index (χ3n) is 0.596. The molecule has 0 spiro atoms. The van der Waals surface area contributed by atoms with Crippen LogP contribution in [0.2, 0.25) is 0 Å². The van der Waals surface area contributed by atoms with E-state index in [1.54, 1.807) is 13.8 Å². The normalized spacial score (nSPS) is 8.87. The molecule has 0 aromatic heterocycles. The monoisotopic (exact) mass is 227 g/mol. The van der Waals surface area contributed by atoms with Crippen LogP contribution in [0.3, 0.4) is 0 Å². The van der Waals surface area contributed by atoms with Crippen LogP contribution in [0.1, 0.15) is 13.8 Å². The number of nitrogens with two attached hydrogens (primary N) is 1. The van der Waals surface area contributed by atoms with E-state index in [-0.39, 0.29) is 25.9 Å². The summed E-state index contributed by atoms with van der Waals surface area (Å²) in [6.07, 6.45) is -1.12. The van der Waals surface area contributed by atoms with E-state index in [2.05, 4.69) is 5.73 Å². The number of aliphatic hydroxyl groups is 4. The molecule has 0 aromatic carbocycles. The Labute approximate surface area is 88.8 Å². The van der Waals surface area contributed by atoms with E-state index in [9.17, 15) is 4.79 Å². The molecular weight excluding hydrogens is 206 g/mol. The zero-order valence-corrected chi connectivity index (χ0v) is 9.00. The Balaban J connectivity index is -0.000000147. The second-order valence-electron chi connectivity index (χ2n) is 2.71. The summed E-state index contributed by atoms with van der Waals surface area (Å²) in [6, 6.07) is 0. The minimum absolute atomic E-state index is 0.167. The Morgan fingerprint density at radius 2 is 1.40 bits per heavy atom. The molecule has 0 atom stereocenters. The predicted octanol–water partition coefficient (Wildman–Crippen LogP) is -2.25. The van der Waals surface area contributed by atoms with Gasteiger partial charge in [0.15, 0.2) is 0 Å². The van der Waals surface area contributed by atoms with Crippen molar-refractivity contribution in [1.29, 1.82) is 0 Å². The van der Waals surface area contributed by atoms with Crippen molar-refractivity contribution in [3.05, 3.63) is 0 Å². The van der Waals surface area contributed by atoms with Crippen molar-refractivity contribution in [2.45, 2.75) is 26.1 Å². The first kappa shape index (κ1) is 19.8. The van der Waals surface area contributed by atoms with Gasteiger partial charge in [-0.05, 0) is 13.8 Å². The van der Waals surface area contributed by atoms with Crippen LogP contribution in [0.4, 0.5) is 0 Å². The highest BCUT2D eigenvalue weighted by Gasteiger charge is 1.93. The molecule has 0 bridgehead atoms. The number of rotatable bonds is 3. The van der Waals surface area contributed by atoms with Crippen LogP contribution in [-0.4, -0.2) is 63.5 Å². The first-order valence-corrected chi connectivity index (χ1v) is 4.31. The summed E-state index contributed by atoms with van der Waals surface area (Å²) in [5.74, 6) is -0.968. The summed E-state index contributed by atoms with van der Waals surface area (Å²) in [6.45, 7) is 2.44. The van der Waals surface area contributed by atoms with E-state index in [1.165, 1.54) is 0 Å². The summed E-state index contributed by atoms with van der Waals surface area (Å²) < 4.78 is 0. The highest BCUT2D eigenvalue weighted by atomic mass is 16.4. The van der Waals surface area contributed by atoms with Gasteiger partial charge in [-0.15, -0.1) is 0 Å². The lowest BCUT2D eigenvalue weighted by atomic mass is 10.4. The number of hydrogen-bond donors (Lipinski definition) is 6. The van der Waals surface area contributed by atoms with Crippen molar-refractivity contribution in [2.24, 2.45) is 5.73 Å². The summed E-state index contributed by atoms with van der Waals surface area (Å²) in [5.41, 5.74) is 4.57. The van der Waals surface area contributed by atoms with E-state index < -0.39 is 12.1 Å². The quantitative estimate of drug-likeness (QED) is 0.319. The fraction of sp³-hybridized carbons (Fsp3) is 0.875. The van der Waals surface area contributed by atoms with Gasteiger partial charge in [0, 0.05) is 6.10 Å². The number of carboxylic acids is 1. The van der Waals surface area contributed by atoms with Crippen LogP contribution in [0, 0.1) is 0 Å². The third-order valence-corrected chi connectivity index (χ3v) is 0.596. The second kappa shape index (κ2) is 15.7. The zero-order chi connectivity index (χ0) is 12.9. The molecule has 0 unspecified atom stereocenters. The predicted molar refractivity (Wildman–Crippen MR) is 54.2 cm³/mol. The number of aliphatic carboxylic acids is 1. The van der Waals surface area contributed by atoms with Crippen LogP contribution in [-0.2, 0) is 4.79 Å². The maximum absolute atomic E-state index is 9.24. The Bertz CT molecular complexity index is 124. The molecule has 0 fully saturated rings. The van der Waals surface area contributed by atoms with Gasteiger partial charge in [-0.25, -0.2) is 0 Å². The molecule has 0 heterocycles. The van der Waals surface area contributed by atoms with Crippen LogP contribution < -0.4 is 5.73 Å².